The molecule has 0 radical (unpaired) electrons. The van der Waals surface area contributed by atoms with E-state index in [1.165, 1.54) is 0 Å². The van der Waals surface area contributed by atoms with E-state index in [0.717, 1.165) is 10.5 Å². The third-order valence-corrected chi connectivity index (χ3v) is 4.02. The van der Waals surface area contributed by atoms with Crippen LogP contribution in [0.3, 0.4) is 0 Å². The zero-order valence-electron chi connectivity index (χ0n) is 14.7. The van der Waals surface area contributed by atoms with Gasteiger partial charge in [-0.3, -0.25) is 4.79 Å². The van der Waals surface area contributed by atoms with Crippen molar-refractivity contribution in [3.05, 3.63) is 48.6 Å². The molecule has 2 amide bonds. The van der Waals surface area contributed by atoms with Gasteiger partial charge in [0.25, 0.3) is 5.91 Å². The molecule has 1 fully saturated rings. The first-order chi connectivity index (χ1) is 12.0. The van der Waals surface area contributed by atoms with Crippen LogP contribution in [0.2, 0.25) is 0 Å². The van der Waals surface area contributed by atoms with Crippen molar-refractivity contribution in [3.63, 3.8) is 0 Å². The lowest BCUT2D eigenvalue weighted by Crippen LogP contribution is -2.44. The molecule has 1 heterocycles. The minimum absolute atomic E-state index is 0.125. The number of ether oxygens (including phenoxy) is 3. The van der Waals surface area contributed by atoms with Crippen molar-refractivity contribution < 1.29 is 23.8 Å². The minimum Gasteiger partial charge on any atom is -0.447 e. The second kappa shape index (κ2) is 9.34. The van der Waals surface area contributed by atoms with E-state index in [4.69, 9.17) is 14.2 Å². The van der Waals surface area contributed by atoms with Gasteiger partial charge in [0.05, 0.1) is 25.4 Å². The van der Waals surface area contributed by atoms with Crippen LogP contribution in [-0.4, -0.2) is 48.9 Å². The summed E-state index contributed by atoms with van der Waals surface area (Å²) in [7, 11) is 0. The molecule has 1 aliphatic rings. The first-order valence-corrected chi connectivity index (χ1v) is 8.37. The van der Waals surface area contributed by atoms with Crippen LogP contribution in [0.25, 0.3) is 0 Å². The fraction of sp³-hybridized carbons (Fsp3) is 0.474. The Bertz CT molecular complexity index is 587. The molecular formula is C19H25NO5. The number of carbonyl (C=O) groups excluding carboxylic acids is 2. The van der Waals surface area contributed by atoms with Crippen molar-refractivity contribution in [2.45, 2.75) is 32.6 Å². The van der Waals surface area contributed by atoms with Gasteiger partial charge in [0.15, 0.2) is 0 Å². The molecule has 25 heavy (non-hydrogen) atoms. The van der Waals surface area contributed by atoms with Crippen molar-refractivity contribution in [1.29, 1.82) is 0 Å². The molecule has 0 aliphatic carbocycles. The smallest absolute Gasteiger partial charge is 0.417 e. The highest BCUT2D eigenvalue weighted by molar-refractivity contribution is 5.94. The van der Waals surface area contributed by atoms with Crippen LogP contribution in [0.5, 0.6) is 0 Å². The number of carbonyl (C=O) groups is 2. The van der Waals surface area contributed by atoms with Crippen molar-refractivity contribution in [3.8, 4) is 0 Å². The molecule has 6 heteroatoms. The molecule has 2 atom stereocenters. The summed E-state index contributed by atoms with van der Waals surface area (Å²) in [6.45, 7) is 8.33. The summed E-state index contributed by atoms with van der Waals surface area (Å²) in [5.41, 5.74) is 1.06. The number of benzene rings is 1. The SMILES string of the molecule is C=C[C@@H](COCc1ccccc1)OCC(=O)N1C(=O)OC[C@@H]1C(C)C. The summed E-state index contributed by atoms with van der Waals surface area (Å²) in [5.74, 6) is -0.282. The second-order valence-corrected chi connectivity index (χ2v) is 6.24. The number of rotatable bonds is 9. The summed E-state index contributed by atoms with van der Waals surface area (Å²) in [6, 6.07) is 9.52. The summed E-state index contributed by atoms with van der Waals surface area (Å²) >= 11 is 0. The molecule has 0 saturated carbocycles. The highest BCUT2D eigenvalue weighted by atomic mass is 16.6. The zero-order valence-corrected chi connectivity index (χ0v) is 14.7. The zero-order chi connectivity index (χ0) is 18.2. The molecule has 1 aliphatic heterocycles. The molecule has 1 aromatic rings. The molecule has 1 saturated heterocycles. The van der Waals surface area contributed by atoms with Crippen LogP contribution in [0.1, 0.15) is 19.4 Å². The van der Waals surface area contributed by atoms with Crippen LogP contribution >= 0.6 is 0 Å². The summed E-state index contributed by atoms with van der Waals surface area (Å²) < 4.78 is 16.1. The molecule has 0 spiro atoms. The molecule has 0 unspecified atom stereocenters. The minimum atomic E-state index is -0.609. The maximum absolute atomic E-state index is 12.3. The normalized spacial score (nSPS) is 18.3. The number of nitrogens with zero attached hydrogens (tertiary/aromatic N) is 1. The Morgan fingerprint density at radius 1 is 1.40 bits per heavy atom. The van der Waals surface area contributed by atoms with Crippen molar-refractivity contribution >= 4 is 12.0 Å². The monoisotopic (exact) mass is 347 g/mol. The Labute approximate surface area is 148 Å². The summed E-state index contributed by atoms with van der Waals surface area (Å²) in [5, 5.41) is 0. The summed E-state index contributed by atoms with van der Waals surface area (Å²) in [6.07, 6.45) is 0.548. The van der Waals surface area contributed by atoms with Gasteiger partial charge in [0.2, 0.25) is 0 Å². The van der Waals surface area contributed by atoms with Gasteiger partial charge in [-0.05, 0) is 11.5 Å². The van der Waals surface area contributed by atoms with Gasteiger partial charge in [0, 0.05) is 0 Å². The molecule has 0 aromatic heterocycles. The predicted molar refractivity (Wildman–Crippen MR) is 92.9 cm³/mol. The molecule has 0 bridgehead atoms. The first kappa shape index (κ1) is 19.1. The molecule has 2 rings (SSSR count). The Morgan fingerprint density at radius 2 is 2.12 bits per heavy atom. The maximum atomic E-state index is 12.3. The van der Waals surface area contributed by atoms with E-state index in [1.54, 1.807) is 6.08 Å². The highest BCUT2D eigenvalue weighted by Gasteiger charge is 2.39. The van der Waals surface area contributed by atoms with E-state index in [-0.39, 0.29) is 31.8 Å². The largest absolute Gasteiger partial charge is 0.447 e. The highest BCUT2D eigenvalue weighted by Crippen LogP contribution is 2.19. The van der Waals surface area contributed by atoms with Crippen LogP contribution < -0.4 is 0 Å². The molecular weight excluding hydrogens is 322 g/mol. The van der Waals surface area contributed by atoms with E-state index < -0.39 is 18.1 Å². The Hall–Kier alpha value is -2.18. The molecule has 6 nitrogen and oxygen atoms in total. The third-order valence-electron chi connectivity index (χ3n) is 4.02. The number of cyclic esters (lactones) is 1. The Kier molecular flexibility index (Phi) is 7.16. The van der Waals surface area contributed by atoms with Gasteiger partial charge in [-0.25, -0.2) is 9.69 Å². The van der Waals surface area contributed by atoms with Gasteiger partial charge in [-0.15, -0.1) is 6.58 Å². The Morgan fingerprint density at radius 3 is 2.76 bits per heavy atom. The van der Waals surface area contributed by atoms with E-state index in [1.807, 2.05) is 44.2 Å². The van der Waals surface area contributed by atoms with Gasteiger partial charge in [-0.2, -0.15) is 0 Å². The lowest BCUT2D eigenvalue weighted by molar-refractivity contribution is -0.136. The van der Waals surface area contributed by atoms with Crippen LogP contribution in [0.4, 0.5) is 4.79 Å². The van der Waals surface area contributed by atoms with Crippen LogP contribution in [-0.2, 0) is 25.6 Å². The van der Waals surface area contributed by atoms with Crippen molar-refractivity contribution in [2.75, 3.05) is 19.8 Å². The summed E-state index contributed by atoms with van der Waals surface area (Å²) in [4.78, 5) is 25.2. The second-order valence-electron chi connectivity index (χ2n) is 6.24. The fourth-order valence-corrected chi connectivity index (χ4v) is 2.51. The van der Waals surface area contributed by atoms with Gasteiger partial charge < -0.3 is 14.2 Å². The lowest BCUT2D eigenvalue weighted by Gasteiger charge is -2.23. The quantitative estimate of drug-likeness (QED) is 0.643. The number of amides is 2. The van der Waals surface area contributed by atoms with Gasteiger partial charge >= 0.3 is 6.09 Å². The molecule has 0 N–H and O–H groups in total. The first-order valence-electron chi connectivity index (χ1n) is 8.37. The standard InChI is InChI=1S/C19H25NO5/c1-4-16(11-23-10-15-8-6-5-7-9-15)24-13-18(21)20-17(14(2)3)12-25-19(20)22/h4-9,14,16-17H,1,10-13H2,2-3H3/t16-,17+/m0/s1. The molecule has 136 valence electrons. The van der Waals surface area contributed by atoms with Gasteiger partial charge in [0.1, 0.15) is 13.2 Å². The van der Waals surface area contributed by atoms with Crippen molar-refractivity contribution in [1.82, 2.24) is 4.90 Å². The predicted octanol–water partition coefficient (Wildman–Crippen LogP) is 2.78. The third kappa shape index (κ3) is 5.41. The fourth-order valence-electron chi connectivity index (χ4n) is 2.51. The van der Waals surface area contributed by atoms with Crippen molar-refractivity contribution in [2.24, 2.45) is 5.92 Å². The lowest BCUT2D eigenvalue weighted by atomic mass is 10.0. The van der Waals surface area contributed by atoms with E-state index >= 15 is 0 Å². The number of hydrogen-bond donors (Lipinski definition) is 0. The topological polar surface area (TPSA) is 65.1 Å². The maximum Gasteiger partial charge on any atom is 0.417 e. The van der Waals surface area contributed by atoms with Gasteiger partial charge in [-0.1, -0.05) is 50.3 Å². The average molecular weight is 347 g/mol. The number of imide groups is 1. The number of hydrogen-bond acceptors (Lipinski definition) is 5. The molecule has 1 aromatic carbocycles. The Balaban J connectivity index is 1.78. The average Bonchev–Trinajstić information content (AvgIpc) is 3.00. The van der Waals surface area contributed by atoms with E-state index in [0.29, 0.717) is 6.61 Å². The van der Waals surface area contributed by atoms with E-state index in [2.05, 4.69) is 6.58 Å². The van der Waals surface area contributed by atoms with Crippen LogP contribution in [0, 0.1) is 5.92 Å². The van der Waals surface area contributed by atoms with E-state index in [9.17, 15) is 9.59 Å². The van der Waals surface area contributed by atoms with Crippen LogP contribution in [0.15, 0.2) is 43.0 Å².